The maximum absolute atomic E-state index is 11.2. The van der Waals surface area contributed by atoms with Crippen molar-refractivity contribution in [3.63, 3.8) is 0 Å². The lowest BCUT2D eigenvalue weighted by atomic mass is 10.1. The fourth-order valence-corrected chi connectivity index (χ4v) is 2.56. The number of rotatable bonds is 5. The number of thiophene rings is 1. The van der Waals surface area contributed by atoms with Gasteiger partial charge in [-0.25, -0.2) is 0 Å². The van der Waals surface area contributed by atoms with Crippen LogP contribution in [-0.2, 0) is 4.74 Å². The highest BCUT2D eigenvalue weighted by Crippen LogP contribution is 2.37. The Morgan fingerprint density at radius 2 is 2.50 bits per heavy atom. The third kappa shape index (κ3) is 2.85. The number of hydrogen-bond donors (Lipinski definition) is 0. The van der Waals surface area contributed by atoms with Crippen LogP contribution in [0, 0.1) is 16.0 Å². The molecule has 1 saturated heterocycles. The largest absolute Gasteiger partial charge is 0.479 e. The fraction of sp³-hybridized carbons (Fsp3) is 0.545. The minimum absolute atomic E-state index is 0.135. The number of hydrogen-bond acceptors (Lipinski definition) is 6. The van der Waals surface area contributed by atoms with E-state index in [1.807, 2.05) is 0 Å². The Balaban J connectivity index is 2.09. The molecule has 0 aliphatic carbocycles. The predicted molar refractivity (Wildman–Crippen MR) is 65.4 cm³/mol. The molecule has 1 aromatic heterocycles. The average Bonchev–Trinajstić information content (AvgIpc) is 2.95. The Hall–Kier alpha value is -1.47. The third-order valence-electron chi connectivity index (χ3n) is 2.70. The second-order valence-electron chi connectivity index (χ2n) is 4.14. The van der Waals surface area contributed by atoms with Gasteiger partial charge in [0.05, 0.1) is 23.0 Å². The van der Waals surface area contributed by atoms with Crippen molar-refractivity contribution in [2.24, 2.45) is 5.92 Å². The van der Waals surface area contributed by atoms with Crippen molar-refractivity contribution in [2.45, 2.75) is 13.3 Å². The highest BCUT2D eigenvalue weighted by molar-refractivity contribution is 7.16. The van der Waals surface area contributed by atoms with Crippen molar-refractivity contribution in [3.8, 4) is 5.06 Å². The van der Waals surface area contributed by atoms with Gasteiger partial charge in [-0.2, -0.15) is 0 Å². The van der Waals surface area contributed by atoms with Crippen LogP contribution >= 0.6 is 11.3 Å². The van der Waals surface area contributed by atoms with Crippen LogP contribution in [0.3, 0.4) is 0 Å². The van der Waals surface area contributed by atoms with Crippen molar-refractivity contribution in [2.75, 3.05) is 19.8 Å². The summed E-state index contributed by atoms with van der Waals surface area (Å²) in [6.07, 6.45) is 0.902. The van der Waals surface area contributed by atoms with Gasteiger partial charge in [-0.15, -0.1) is 0 Å². The first kappa shape index (κ1) is 13.0. The zero-order chi connectivity index (χ0) is 13.1. The monoisotopic (exact) mass is 271 g/mol. The molecule has 0 saturated carbocycles. The van der Waals surface area contributed by atoms with Gasteiger partial charge in [0.15, 0.2) is 5.78 Å². The zero-order valence-electron chi connectivity index (χ0n) is 9.88. The van der Waals surface area contributed by atoms with E-state index in [-0.39, 0.29) is 22.5 Å². The molecule has 0 amide bonds. The van der Waals surface area contributed by atoms with Crippen LogP contribution in [0.25, 0.3) is 0 Å². The normalized spacial score (nSPS) is 18.8. The number of ketones is 1. The van der Waals surface area contributed by atoms with Crippen molar-refractivity contribution in [1.82, 2.24) is 0 Å². The molecule has 2 rings (SSSR count). The first-order valence-corrected chi connectivity index (χ1v) is 6.39. The summed E-state index contributed by atoms with van der Waals surface area (Å²) < 4.78 is 10.7. The van der Waals surface area contributed by atoms with E-state index in [2.05, 4.69) is 0 Å². The minimum atomic E-state index is -0.524. The molecule has 1 atom stereocenters. The molecule has 2 heterocycles. The summed E-state index contributed by atoms with van der Waals surface area (Å²) in [4.78, 5) is 21.9. The summed E-state index contributed by atoms with van der Waals surface area (Å²) >= 11 is 1.03. The molecular weight excluding hydrogens is 258 g/mol. The zero-order valence-corrected chi connectivity index (χ0v) is 10.7. The van der Waals surface area contributed by atoms with E-state index < -0.39 is 4.92 Å². The van der Waals surface area contributed by atoms with Crippen molar-refractivity contribution >= 4 is 22.8 Å². The van der Waals surface area contributed by atoms with E-state index >= 15 is 0 Å². The molecular formula is C11H13NO5S. The van der Waals surface area contributed by atoms with Crippen molar-refractivity contribution < 1.29 is 19.2 Å². The molecule has 0 aromatic carbocycles. The van der Waals surface area contributed by atoms with Gasteiger partial charge in [0, 0.05) is 18.6 Å². The maximum Gasteiger partial charge on any atom is 0.323 e. The standard InChI is InChI=1S/C11H13NO5S/c1-7(13)10-4-9(12(14)15)11(18-10)17-6-8-2-3-16-5-8/h4,8H,2-3,5-6H2,1H3. The Morgan fingerprint density at radius 1 is 1.72 bits per heavy atom. The minimum Gasteiger partial charge on any atom is -0.479 e. The summed E-state index contributed by atoms with van der Waals surface area (Å²) in [7, 11) is 0. The number of nitro groups is 1. The van der Waals surface area contributed by atoms with Crippen LogP contribution < -0.4 is 4.74 Å². The number of ether oxygens (including phenoxy) is 2. The Kier molecular flexibility index (Phi) is 3.93. The molecule has 1 unspecified atom stereocenters. The van der Waals surface area contributed by atoms with Crippen LogP contribution in [-0.4, -0.2) is 30.5 Å². The lowest BCUT2D eigenvalue weighted by Gasteiger charge is -2.07. The summed E-state index contributed by atoms with van der Waals surface area (Å²) in [6.45, 7) is 3.10. The van der Waals surface area contributed by atoms with Crippen molar-refractivity contribution in [3.05, 3.63) is 21.1 Å². The van der Waals surface area contributed by atoms with Crippen LogP contribution in [0.5, 0.6) is 5.06 Å². The van der Waals surface area contributed by atoms with Gasteiger partial charge in [0.1, 0.15) is 0 Å². The Labute approximate surface area is 108 Å². The first-order chi connectivity index (χ1) is 8.58. The van der Waals surface area contributed by atoms with E-state index in [1.165, 1.54) is 13.0 Å². The van der Waals surface area contributed by atoms with E-state index in [0.29, 0.717) is 24.7 Å². The van der Waals surface area contributed by atoms with Gasteiger partial charge < -0.3 is 9.47 Å². The van der Waals surface area contributed by atoms with Gasteiger partial charge in [0.25, 0.3) is 5.06 Å². The van der Waals surface area contributed by atoms with E-state index in [0.717, 1.165) is 17.8 Å². The summed E-state index contributed by atoms with van der Waals surface area (Å²) in [5, 5.41) is 11.1. The molecule has 0 spiro atoms. The molecule has 7 heteroatoms. The summed E-state index contributed by atoms with van der Waals surface area (Å²) in [5.74, 6) is 0.0784. The smallest absolute Gasteiger partial charge is 0.323 e. The van der Waals surface area contributed by atoms with Crippen LogP contribution in [0.15, 0.2) is 6.07 Å². The molecule has 18 heavy (non-hydrogen) atoms. The summed E-state index contributed by atoms with van der Waals surface area (Å²) in [6, 6.07) is 1.27. The van der Waals surface area contributed by atoms with Gasteiger partial charge >= 0.3 is 5.69 Å². The molecule has 1 aromatic rings. The SMILES string of the molecule is CC(=O)c1cc([N+](=O)[O-])c(OCC2CCOC2)s1. The van der Waals surface area contributed by atoms with Crippen LogP contribution in [0.1, 0.15) is 23.0 Å². The number of carbonyl (C=O) groups excluding carboxylic acids is 1. The molecule has 6 nitrogen and oxygen atoms in total. The average molecular weight is 271 g/mol. The molecule has 0 bridgehead atoms. The number of carbonyl (C=O) groups is 1. The highest BCUT2D eigenvalue weighted by atomic mass is 32.1. The molecule has 1 aliphatic heterocycles. The van der Waals surface area contributed by atoms with E-state index in [9.17, 15) is 14.9 Å². The van der Waals surface area contributed by atoms with Gasteiger partial charge in [-0.3, -0.25) is 14.9 Å². The Bertz CT molecular complexity index is 464. The number of nitrogens with zero attached hydrogens (tertiary/aromatic N) is 1. The lowest BCUT2D eigenvalue weighted by Crippen LogP contribution is -2.11. The number of Topliss-reactive ketones (excluding diaryl/α,β-unsaturated/α-hetero) is 1. The quantitative estimate of drug-likeness (QED) is 0.466. The second kappa shape index (κ2) is 5.45. The highest BCUT2D eigenvalue weighted by Gasteiger charge is 2.24. The first-order valence-electron chi connectivity index (χ1n) is 5.57. The molecule has 1 aliphatic rings. The van der Waals surface area contributed by atoms with Gasteiger partial charge in [0.2, 0.25) is 0 Å². The van der Waals surface area contributed by atoms with Crippen molar-refractivity contribution in [1.29, 1.82) is 0 Å². The summed E-state index contributed by atoms with van der Waals surface area (Å²) in [5.41, 5.74) is -0.135. The topological polar surface area (TPSA) is 78.7 Å². The molecule has 98 valence electrons. The van der Waals surface area contributed by atoms with Gasteiger partial charge in [-0.05, 0) is 13.3 Å². The molecule has 0 radical (unpaired) electrons. The van der Waals surface area contributed by atoms with E-state index in [4.69, 9.17) is 9.47 Å². The van der Waals surface area contributed by atoms with Gasteiger partial charge in [-0.1, -0.05) is 11.3 Å². The molecule has 1 fully saturated rings. The Morgan fingerprint density at radius 3 is 3.06 bits per heavy atom. The van der Waals surface area contributed by atoms with E-state index in [1.54, 1.807) is 0 Å². The second-order valence-corrected chi connectivity index (χ2v) is 5.15. The lowest BCUT2D eigenvalue weighted by molar-refractivity contribution is -0.385. The van der Waals surface area contributed by atoms with Crippen LogP contribution in [0.4, 0.5) is 5.69 Å². The van der Waals surface area contributed by atoms with Crippen LogP contribution in [0.2, 0.25) is 0 Å². The third-order valence-corrected chi connectivity index (χ3v) is 3.84. The molecule has 0 N–H and O–H groups in total. The maximum atomic E-state index is 11.2. The fourth-order valence-electron chi connectivity index (χ4n) is 1.68. The predicted octanol–water partition coefficient (Wildman–Crippen LogP) is 2.27.